The second-order valence-electron chi connectivity index (χ2n) is 11.7. The summed E-state index contributed by atoms with van der Waals surface area (Å²) in [5.41, 5.74) is 3.57. The van der Waals surface area contributed by atoms with Crippen molar-refractivity contribution < 1.29 is 14.2 Å². The molecule has 0 radical (unpaired) electrons. The monoisotopic (exact) mass is 687 g/mol. The van der Waals surface area contributed by atoms with Crippen LogP contribution in [-0.2, 0) is 28.4 Å². The van der Waals surface area contributed by atoms with Crippen LogP contribution in [0.5, 0.6) is 5.75 Å². The number of hydrogen-bond donors (Lipinski definition) is 0. The maximum atomic E-state index is 12.5. The summed E-state index contributed by atoms with van der Waals surface area (Å²) < 4.78 is 23.8. The molecule has 2 saturated heterocycles. The molecule has 0 N–H and O–H groups in total. The fourth-order valence-corrected chi connectivity index (χ4v) is 6.68. The molecule has 2 fully saturated rings. The number of benzene rings is 3. The summed E-state index contributed by atoms with van der Waals surface area (Å²) in [6.07, 6.45) is 8.17. The second-order valence-corrected chi connectivity index (χ2v) is 12.6. The fraction of sp³-hybridized carbons (Fsp3) is 0.286. The van der Waals surface area contributed by atoms with Gasteiger partial charge in [-0.15, -0.1) is 6.58 Å². The first kappa shape index (κ1) is 32.0. The Hall–Kier alpha value is -4.55. The number of ether oxygens (including phenoxy) is 3. The first-order chi connectivity index (χ1) is 23.4. The zero-order valence-corrected chi connectivity index (χ0v) is 27.7. The Labute approximate surface area is 288 Å². The lowest BCUT2D eigenvalue weighted by Gasteiger charge is -2.37. The van der Waals surface area contributed by atoms with Crippen molar-refractivity contribution in [1.82, 2.24) is 23.9 Å². The van der Waals surface area contributed by atoms with E-state index in [4.69, 9.17) is 37.4 Å². The molecule has 0 saturated carbocycles. The van der Waals surface area contributed by atoms with Gasteiger partial charge in [0.2, 0.25) is 5.79 Å². The summed E-state index contributed by atoms with van der Waals surface area (Å²) >= 11 is 12.8. The van der Waals surface area contributed by atoms with E-state index < -0.39 is 5.79 Å². The largest absolute Gasteiger partial charge is 0.491 e. The smallest absolute Gasteiger partial charge is 0.350 e. The quantitative estimate of drug-likeness (QED) is 0.171. The number of anilines is 2. The minimum atomic E-state index is -1.10. The molecule has 2 atom stereocenters. The van der Waals surface area contributed by atoms with Crippen molar-refractivity contribution >= 4 is 34.6 Å². The summed E-state index contributed by atoms with van der Waals surface area (Å²) in [7, 11) is 0. The standard InChI is InChI=1S/C35H35Cl2N7O4/c1-2-14-44-34(45)43(25-39-44)29-6-4-27(5-7-29)41-16-18-42(19-17-41)28-8-10-30(11-9-28)46-21-31-22-47-35(48-31,23-40-15-13-38-24-40)32-12-3-26(36)20-33(32)37/h2-13,15,20,24-25,31H,1,14,16-19,21-23H2/t31-,35?/m1/s1. The van der Waals surface area contributed by atoms with Crippen LogP contribution in [0.4, 0.5) is 11.4 Å². The van der Waals surface area contributed by atoms with Crippen LogP contribution < -0.4 is 20.2 Å². The van der Waals surface area contributed by atoms with Crippen molar-refractivity contribution in [2.75, 3.05) is 49.2 Å². The van der Waals surface area contributed by atoms with E-state index in [1.54, 1.807) is 41.6 Å². The van der Waals surface area contributed by atoms with Crippen LogP contribution >= 0.6 is 23.2 Å². The maximum Gasteiger partial charge on any atom is 0.350 e. The lowest BCUT2D eigenvalue weighted by Crippen LogP contribution is -2.46. The van der Waals surface area contributed by atoms with Crippen LogP contribution in [0.2, 0.25) is 10.0 Å². The van der Waals surface area contributed by atoms with Gasteiger partial charge >= 0.3 is 5.69 Å². The van der Waals surface area contributed by atoms with Crippen LogP contribution in [0, 0.1) is 0 Å². The Morgan fingerprint density at radius 2 is 1.62 bits per heavy atom. The predicted molar refractivity (Wildman–Crippen MR) is 186 cm³/mol. The van der Waals surface area contributed by atoms with Gasteiger partial charge in [0.25, 0.3) is 0 Å². The molecule has 3 aromatic carbocycles. The average Bonchev–Trinajstić information content (AvgIpc) is 3.86. The van der Waals surface area contributed by atoms with Gasteiger partial charge in [0.1, 0.15) is 24.8 Å². The third-order valence-electron chi connectivity index (χ3n) is 8.60. The summed E-state index contributed by atoms with van der Waals surface area (Å²) in [4.78, 5) is 21.4. The number of halogens is 2. The Morgan fingerprint density at radius 1 is 0.938 bits per heavy atom. The van der Waals surface area contributed by atoms with Gasteiger partial charge in [0, 0.05) is 60.5 Å². The highest BCUT2D eigenvalue weighted by Crippen LogP contribution is 2.40. The predicted octanol–water partition coefficient (Wildman–Crippen LogP) is 5.40. The topological polar surface area (TPSA) is 91.8 Å². The number of piperazine rings is 1. The van der Waals surface area contributed by atoms with E-state index in [0.29, 0.717) is 41.9 Å². The van der Waals surface area contributed by atoms with Gasteiger partial charge in [-0.2, -0.15) is 5.10 Å². The third kappa shape index (κ3) is 6.72. The number of nitrogens with zero attached hydrogens (tertiary/aromatic N) is 7. The molecule has 4 heterocycles. The lowest BCUT2D eigenvalue weighted by atomic mass is 10.1. The molecule has 1 unspecified atom stereocenters. The third-order valence-corrected chi connectivity index (χ3v) is 9.14. The van der Waals surface area contributed by atoms with E-state index in [-0.39, 0.29) is 11.8 Å². The molecule has 0 spiro atoms. The van der Waals surface area contributed by atoms with Crippen molar-refractivity contribution in [3.05, 3.63) is 131 Å². The van der Waals surface area contributed by atoms with E-state index in [9.17, 15) is 4.79 Å². The molecule has 0 bridgehead atoms. The van der Waals surface area contributed by atoms with E-state index in [0.717, 1.165) is 49.0 Å². The fourth-order valence-electron chi connectivity index (χ4n) is 6.13. The molecule has 0 amide bonds. The Kier molecular flexibility index (Phi) is 9.27. The van der Waals surface area contributed by atoms with Gasteiger partial charge in [0.15, 0.2) is 0 Å². The second kappa shape index (κ2) is 13.9. The van der Waals surface area contributed by atoms with Gasteiger partial charge in [-0.1, -0.05) is 35.3 Å². The van der Waals surface area contributed by atoms with Crippen molar-refractivity contribution in [3.63, 3.8) is 0 Å². The van der Waals surface area contributed by atoms with Gasteiger partial charge in [-0.05, 0) is 60.7 Å². The summed E-state index contributed by atoms with van der Waals surface area (Å²) in [5.74, 6) is -0.341. The van der Waals surface area contributed by atoms with E-state index in [1.165, 1.54) is 4.68 Å². The number of imidazole rings is 1. The van der Waals surface area contributed by atoms with E-state index in [2.05, 4.69) is 50.7 Å². The number of allylic oxidation sites excluding steroid dienone is 1. The molecule has 2 aromatic heterocycles. The number of hydrogen-bond acceptors (Lipinski definition) is 8. The maximum absolute atomic E-state index is 12.5. The molecule has 7 rings (SSSR count). The highest BCUT2D eigenvalue weighted by molar-refractivity contribution is 6.35. The number of rotatable bonds is 11. The summed E-state index contributed by atoms with van der Waals surface area (Å²) in [5, 5.41) is 5.16. The van der Waals surface area contributed by atoms with Gasteiger partial charge < -0.3 is 28.6 Å². The SMILES string of the molecule is C=CCn1ncn(-c2ccc(N3CCN(c4ccc(OC[C@@H]5COC(Cn6ccnc6)(c6ccc(Cl)cc6Cl)O5)cc4)CC3)cc2)c1=O. The van der Waals surface area contributed by atoms with Crippen molar-refractivity contribution in [3.8, 4) is 11.4 Å². The van der Waals surface area contributed by atoms with Crippen LogP contribution in [0.1, 0.15) is 5.56 Å². The minimum Gasteiger partial charge on any atom is -0.491 e. The molecule has 13 heteroatoms. The molecule has 5 aromatic rings. The molecule has 11 nitrogen and oxygen atoms in total. The lowest BCUT2D eigenvalue weighted by molar-refractivity contribution is -0.189. The number of aromatic nitrogens is 5. The Morgan fingerprint density at radius 3 is 2.27 bits per heavy atom. The van der Waals surface area contributed by atoms with E-state index >= 15 is 0 Å². The normalized spacial score (nSPS) is 19.5. The molecule has 248 valence electrons. The molecular weight excluding hydrogens is 653 g/mol. The molecule has 2 aliphatic rings. The van der Waals surface area contributed by atoms with Gasteiger partial charge in [0.05, 0.1) is 36.7 Å². The average molecular weight is 689 g/mol. The zero-order chi connectivity index (χ0) is 33.1. The molecular formula is C35H35Cl2N7O4. The first-order valence-corrected chi connectivity index (χ1v) is 16.5. The van der Waals surface area contributed by atoms with Gasteiger partial charge in [-0.25, -0.2) is 19.0 Å². The van der Waals surface area contributed by atoms with Crippen molar-refractivity contribution in [2.24, 2.45) is 0 Å². The van der Waals surface area contributed by atoms with Crippen molar-refractivity contribution in [1.29, 1.82) is 0 Å². The summed E-state index contributed by atoms with van der Waals surface area (Å²) in [6, 6.07) is 21.5. The highest BCUT2D eigenvalue weighted by atomic mass is 35.5. The van der Waals surface area contributed by atoms with Crippen LogP contribution in [-0.4, -0.2) is 69.4 Å². The van der Waals surface area contributed by atoms with Crippen LogP contribution in [0.3, 0.4) is 0 Å². The minimum absolute atomic E-state index is 0.184. The zero-order valence-electron chi connectivity index (χ0n) is 26.2. The summed E-state index contributed by atoms with van der Waals surface area (Å²) in [6.45, 7) is 8.63. The van der Waals surface area contributed by atoms with Crippen molar-refractivity contribution in [2.45, 2.75) is 25.0 Å². The Bertz CT molecular complexity index is 1900. The van der Waals surface area contributed by atoms with Gasteiger partial charge in [-0.3, -0.25) is 0 Å². The van der Waals surface area contributed by atoms with E-state index in [1.807, 2.05) is 41.1 Å². The van der Waals surface area contributed by atoms with Crippen LogP contribution in [0.25, 0.3) is 5.69 Å². The molecule has 2 aliphatic heterocycles. The Balaban J connectivity index is 0.927. The highest BCUT2D eigenvalue weighted by Gasteiger charge is 2.45. The molecule has 0 aliphatic carbocycles. The molecule has 48 heavy (non-hydrogen) atoms. The van der Waals surface area contributed by atoms with Crippen LogP contribution in [0.15, 0.2) is 109 Å². The first-order valence-electron chi connectivity index (χ1n) is 15.7.